The summed E-state index contributed by atoms with van der Waals surface area (Å²) in [6.45, 7) is 2.21. The van der Waals surface area contributed by atoms with Gasteiger partial charge >= 0.3 is 0 Å². The van der Waals surface area contributed by atoms with Gasteiger partial charge in [-0.05, 0) is 0 Å². The van der Waals surface area contributed by atoms with Crippen LogP contribution in [-0.4, -0.2) is 7.28 Å². The van der Waals surface area contributed by atoms with Crippen LogP contribution in [0.5, 0.6) is 0 Å². The summed E-state index contributed by atoms with van der Waals surface area (Å²) in [6, 6.07) is 0. The normalized spacial score (nSPS) is 23.3. The first-order valence-electron chi connectivity index (χ1n) is 4.73. The molecule has 57 valence electrons. The lowest BCUT2D eigenvalue weighted by atomic mass is 9.62. The molecule has 0 bridgehead atoms. The van der Waals surface area contributed by atoms with Crippen LogP contribution >= 0.6 is 0 Å². The molecule has 0 aromatic heterocycles. The predicted molar refractivity (Wildman–Crippen MR) is 47.7 cm³/mol. The molecule has 0 spiro atoms. The quantitative estimate of drug-likeness (QED) is 0.486. The van der Waals surface area contributed by atoms with E-state index in [0.29, 0.717) is 0 Å². The lowest BCUT2D eigenvalue weighted by Gasteiger charge is -2.16. The van der Waals surface area contributed by atoms with Crippen molar-refractivity contribution in [1.82, 2.24) is 0 Å². The van der Waals surface area contributed by atoms with E-state index in [1.54, 1.807) is 0 Å². The molecule has 0 saturated heterocycles. The summed E-state index contributed by atoms with van der Waals surface area (Å²) in [5.74, 6) is 0.945. The van der Waals surface area contributed by atoms with Crippen LogP contribution < -0.4 is 0 Å². The van der Waals surface area contributed by atoms with Gasteiger partial charge in [0.1, 0.15) is 7.28 Å². The number of hydrogen-bond acceptors (Lipinski definition) is 0. The molecule has 1 fully saturated rings. The van der Waals surface area contributed by atoms with Crippen LogP contribution in [0.1, 0.15) is 44.9 Å². The molecular weight excluding hydrogens is 119 g/mol. The largest absolute Gasteiger partial charge is 0.110 e. The van der Waals surface area contributed by atoms with Crippen molar-refractivity contribution in [2.75, 3.05) is 0 Å². The van der Waals surface area contributed by atoms with Gasteiger partial charge in [0.05, 0.1) is 0 Å². The Balaban J connectivity index is 2.16. The monoisotopic (exact) mass is 137 g/mol. The lowest BCUT2D eigenvalue weighted by Crippen LogP contribution is -2.02. The number of hydrogen-bond donors (Lipinski definition) is 0. The van der Waals surface area contributed by atoms with Gasteiger partial charge in [0.2, 0.25) is 0 Å². The molecule has 1 aliphatic rings. The summed E-state index contributed by atoms with van der Waals surface area (Å²) in [7, 11) is 2.39. The summed E-state index contributed by atoms with van der Waals surface area (Å²) < 4.78 is 0. The molecule has 0 aromatic rings. The van der Waals surface area contributed by atoms with E-state index in [-0.39, 0.29) is 0 Å². The third-order valence-electron chi connectivity index (χ3n) is 2.62. The predicted octanol–water partition coefficient (Wildman–Crippen LogP) is 3.27. The molecule has 1 rings (SSSR count). The molecule has 0 atom stereocenters. The molecule has 1 aliphatic carbocycles. The Labute approximate surface area is 65.6 Å². The molecule has 0 amide bonds. The van der Waals surface area contributed by atoms with Crippen LogP contribution in [-0.2, 0) is 0 Å². The van der Waals surface area contributed by atoms with E-state index < -0.39 is 0 Å². The van der Waals surface area contributed by atoms with Crippen LogP contribution in [0.2, 0.25) is 12.6 Å². The van der Waals surface area contributed by atoms with Gasteiger partial charge in [-0.25, -0.2) is 0 Å². The first-order chi connectivity index (χ1) is 4.93. The van der Waals surface area contributed by atoms with Crippen molar-refractivity contribution in [3.05, 3.63) is 0 Å². The average Bonchev–Trinajstić information content (AvgIpc) is 1.87. The molecule has 1 heteroatoms. The summed E-state index contributed by atoms with van der Waals surface area (Å²) in [5.41, 5.74) is 0. The molecule has 0 heterocycles. The summed E-state index contributed by atoms with van der Waals surface area (Å²) in [4.78, 5) is 0. The fraction of sp³-hybridized carbons (Fsp3) is 1.00. The second-order valence-corrected chi connectivity index (χ2v) is 3.44. The third kappa shape index (κ3) is 2.77. The second-order valence-electron chi connectivity index (χ2n) is 3.44. The van der Waals surface area contributed by atoms with Crippen molar-refractivity contribution < 1.29 is 0 Å². The maximum atomic E-state index is 2.39. The standard InChI is InChI=1S/C9H18B/c1-10-9-7-5-3-2-4-6-8-9/h9H,2-8H2,1H3. The summed E-state index contributed by atoms with van der Waals surface area (Å²) in [6.07, 6.45) is 10.3. The summed E-state index contributed by atoms with van der Waals surface area (Å²) in [5, 5.41) is 0. The highest BCUT2D eigenvalue weighted by atomic mass is 14.1. The zero-order valence-electron chi connectivity index (χ0n) is 7.10. The zero-order valence-corrected chi connectivity index (χ0v) is 7.10. The number of rotatable bonds is 1. The molecule has 0 nitrogen and oxygen atoms in total. The van der Waals surface area contributed by atoms with Crippen molar-refractivity contribution in [1.29, 1.82) is 0 Å². The minimum absolute atomic E-state index is 0.945. The highest BCUT2D eigenvalue weighted by molar-refractivity contribution is 6.35. The Bertz CT molecular complexity index is 72.8. The van der Waals surface area contributed by atoms with E-state index in [9.17, 15) is 0 Å². The fourth-order valence-corrected chi connectivity index (χ4v) is 1.82. The first kappa shape index (κ1) is 8.16. The van der Waals surface area contributed by atoms with E-state index in [1.165, 1.54) is 44.9 Å². The van der Waals surface area contributed by atoms with Crippen molar-refractivity contribution in [3.63, 3.8) is 0 Å². The molecule has 0 unspecified atom stereocenters. The first-order valence-corrected chi connectivity index (χ1v) is 4.73. The molecular formula is C9H18B. The van der Waals surface area contributed by atoms with Crippen LogP contribution in [0.25, 0.3) is 0 Å². The molecule has 0 aromatic carbocycles. The van der Waals surface area contributed by atoms with Gasteiger partial charge in [0.25, 0.3) is 0 Å². The van der Waals surface area contributed by atoms with E-state index in [2.05, 4.69) is 14.1 Å². The highest BCUT2D eigenvalue weighted by Crippen LogP contribution is 2.25. The van der Waals surface area contributed by atoms with E-state index in [1.807, 2.05) is 0 Å². The maximum absolute atomic E-state index is 2.39. The van der Waals surface area contributed by atoms with Crippen LogP contribution in [0, 0.1) is 0 Å². The van der Waals surface area contributed by atoms with Gasteiger partial charge in [-0.1, -0.05) is 57.6 Å². The maximum Gasteiger partial charge on any atom is 0.110 e. The van der Waals surface area contributed by atoms with Gasteiger partial charge in [0.15, 0.2) is 0 Å². The lowest BCUT2D eigenvalue weighted by molar-refractivity contribution is 0.502. The molecule has 0 aliphatic heterocycles. The smallest absolute Gasteiger partial charge is 0.0917 e. The second kappa shape index (κ2) is 4.82. The topological polar surface area (TPSA) is 0 Å². The van der Waals surface area contributed by atoms with Crippen molar-refractivity contribution in [2.45, 2.75) is 57.6 Å². The van der Waals surface area contributed by atoms with E-state index in [0.717, 1.165) is 5.82 Å². The average molecular weight is 137 g/mol. The van der Waals surface area contributed by atoms with E-state index >= 15 is 0 Å². The summed E-state index contributed by atoms with van der Waals surface area (Å²) >= 11 is 0. The van der Waals surface area contributed by atoms with Gasteiger partial charge in [-0.15, -0.1) is 0 Å². The highest BCUT2D eigenvalue weighted by Gasteiger charge is 2.08. The Morgan fingerprint density at radius 3 is 1.90 bits per heavy atom. The minimum atomic E-state index is 0.945. The minimum Gasteiger partial charge on any atom is -0.0917 e. The Hall–Kier alpha value is 0.0649. The molecule has 1 radical (unpaired) electrons. The van der Waals surface area contributed by atoms with E-state index in [4.69, 9.17) is 0 Å². The van der Waals surface area contributed by atoms with Gasteiger partial charge in [0, 0.05) is 0 Å². The molecule has 0 N–H and O–H groups in total. The Morgan fingerprint density at radius 1 is 0.900 bits per heavy atom. The van der Waals surface area contributed by atoms with Gasteiger partial charge < -0.3 is 0 Å². The Morgan fingerprint density at radius 2 is 1.40 bits per heavy atom. The van der Waals surface area contributed by atoms with Crippen LogP contribution in [0.3, 0.4) is 0 Å². The fourth-order valence-electron chi connectivity index (χ4n) is 1.82. The molecule has 10 heavy (non-hydrogen) atoms. The Kier molecular flexibility index (Phi) is 3.93. The third-order valence-corrected chi connectivity index (χ3v) is 2.62. The molecule has 1 saturated carbocycles. The van der Waals surface area contributed by atoms with Crippen LogP contribution in [0.15, 0.2) is 0 Å². The van der Waals surface area contributed by atoms with Crippen molar-refractivity contribution in [3.8, 4) is 0 Å². The zero-order chi connectivity index (χ0) is 7.23. The van der Waals surface area contributed by atoms with Crippen LogP contribution in [0.4, 0.5) is 0 Å². The van der Waals surface area contributed by atoms with Crippen molar-refractivity contribution in [2.24, 2.45) is 0 Å². The van der Waals surface area contributed by atoms with Crippen molar-refractivity contribution >= 4 is 7.28 Å². The van der Waals surface area contributed by atoms with Gasteiger partial charge in [-0.2, -0.15) is 0 Å². The van der Waals surface area contributed by atoms with Gasteiger partial charge in [-0.3, -0.25) is 0 Å². The SMILES string of the molecule is C[B]C1CCCCCCC1.